The second kappa shape index (κ2) is 6.78. The minimum atomic E-state index is -0.140. The van der Waals surface area contributed by atoms with Crippen LogP contribution in [0.1, 0.15) is 56.4 Å². The van der Waals surface area contributed by atoms with Crippen LogP contribution in [0, 0.1) is 5.92 Å². The Morgan fingerprint density at radius 2 is 1.65 bits per heavy atom. The van der Waals surface area contributed by atoms with Gasteiger partial charge in [-0.1, -0.05) is 43.2 Å². The van der Waals surface area contributed by atoms with E-state index in [2.05, 4.69) is 30.3 Å². The molecule has 0 radical (unpaired) electrons. The van der Waals surface area contributed by atoms with E-state index in [1.165, 1.54) is 37.7 Å². The van der Waals surface area contributed by atoms with Crippen molar-refractivity contribution in [2.24, 2.45) is 5.92 Å². The van der Waals surface area contributed by atoms with Gasteiger partial charge in [-0.05, 0) is 49.5 Å². The molecule has 1 saturated carbocycles. The molecule has 0 atom stereocenters. The Kier molecular flexibility index (Phi) is 5.03. The van der Waals surface area contributed by atoms with Crippen LogP contribution in [0.2, 0.25) is 0 Å². The van der Waals surface area contributed by atoms with Crippen molar-refractivity contribution < 1.29 is 4.39 Å². The molecule has 1 aliphatic rings. The van der Waals surface area contributed by atoms with Gasteiger partial charge in [-0.25, -0.2) is 0 Å². The topological polar surface area (TPSA) is 0 Å². The van der Waals surface area contributed by atoms with Gasteiger partial charge in [0.1, 0.15) is 0 Å². The summed E-state index contributed by atoms with van der Waals surface area (Å²) in [4.78, 5) is 0. The highest BCUT2D eigenvalue weighted by molar-refractivity contribution is 5.19. The van der Waals surface area contributed by atoms with Gasteiger partial charge >= 0.3 is 0 Å². The van der Waals surface area contributed by atoms with Crippen LogP contribution in [-0.4, -0.2) is 6.67 Å². The lowest BCUT2D eigenvalue weighted by Gasteiger charge is -2.28. The van der Waals surface area contributed by atoms with Gasteiger partial charge < -0.3 is 0 Å². The van der Waals surface area contributed by atoms with E-state index in [0.717, 1.165) is 24.7 Å². The summed E-state index contributed by atoms with van der Waals surface area (Å²) in [6.07, 6.45) is 8.41. The van der Waals surface area contributed by atoms with Gasteiger partial charge in [-0.3, -0.25) is 4.39 Å². The molecule has 0 saturated heterocycles. The Labute approximate surface area is 104 Å². The minimum absolute atomic E-state index is 0.140. The van der Waals surface area contributed by atoms with Crippen molar-refractivity contribution in [2.45, 2.75) is 50.9 Å². The summed E-state index contributed by atoms with van der Waals surface area (Å²) >= 11 is 0. The maximum Gasteiger partial charge on any atom is 0.0894 e. The fourth-order valence-corrected chi connectivity index (χ4v) is 3.04. The average molecular weight is 234 g/mol. The number of benzene rings is 1. The second-order valence-corrected chi connectivity index (χ2v) is 5.31. The molecular weight excluding hydrogens is 211 g/mol. The summed E-state index contributed by atoms with van der Waals surface area (Å²) in [5.41, 5.74) is 1.51. The van der Waals surface area contributed by atoms with Crippen molar-refractivity contribution in [1.82, 2.24) is 0 Å². The predicted octanol–water partition coefficient (Wildman–Crippen LogP) is 5.10. The van der Waals surface area contributed by atoms with E-state index in [-0.39, 0.29) is 6.67 Å². The normalized spacial score (nSPS) is 24.8. The van der Waals surface area contributed by atoms with Crippen molar-refractivity contribution in [2.75, 3.05) is 6.67 Å². The minimum Gasteiger partial charge on any atom is -0.251 e. The third-order valence-electron chi connectivity index (χ3n) is 4.11. The number of alkyl halides is 1. The molecule has 17 heavy (non-hydrogen) atoms. The van der Waals surface area contributed by atoms with E-state index in [0.29, 0.717) is 0 Å². The molecule has 1 aromatic rings. The average Bonchev–Trinajstić information content (AvgIpc) is 2.41. The second-order valence-electron chi connectivity index (χ2n) is 5.31. The van der Waals surface area contributed by atoms with Crippen molar-refractivity contribution in [1.29, 1.82) is 0 Å². The van der Waals surface area contributed by atoms with E-state index >= 15 is 0 Å². The number of unbranched alkanes of at least 4 members (excludes halogenated alkanes) is 1. The first-order valence-corrected chi connectivity index (χ1v) is 7.01. The van der Waals surface area contributed by atoms with E-state index < -0.39 is 0 Å². The lowest BCUT2D eigenvalue weighted by Crippen LogP contribution is -2.13. The third-order valence-corrected chi connectivity index (χ3v) is 4.11. The fraction of sp³-hybridized carbons (Fsp3) is 0.625. The molecule has 0 bridgehead atoms. The van der Waals surface area contributed by atoms with Crippen LogP contribution in [0.5, 0.6) is 0 Å². The Bertz CT molecular complexity index is 299. The molecule has 0 spiro atoms. The van der Waals surface area contributed by atoms with E-state index in [1.54, 1.807) is 0 Å². The number of hydrogen-bond donors (Lipinski definition) is 0. The highest BCUT2D eigenvalue weighted by Crippen LogP contribution is 2.37. The van der Waals surface area contributed by atoms with Gasteiger partial charge in [0.2, 0.25) is 0 Å². The SMILES string of the molecule is FCCCCC1CCC(c2ccccc2)CC1. The first-order valence-electron chi connectivity index (χ1n) is 7.01. The standard InChI is InChI=1S/C16H23F/c17-13-5-4-6-14-9-11-16(12-10-14)15-7-2-1-3-8-15/h1-3,7-8,14,16H,4-6,9-13H2. The molecule has 0 nitrogen and oxygen atoms in total. The zero-order valence-corrected chi connectivity index (χ0v) is 10.6. The highest BCUT2D eigenvalue weighted by atomic mass is 19.1. The van der Waals surface area contributed by atoms with Gasteiger partial charge in [0.05, 0.1) is 6.67 Å². The van der Waals surface area contributed by atoms with Gasteiger partial charge in [0.15, 0.2) is 0 Å². The highest BCUT2D eigenvalue weighted by Gasteiger charge is 2.21. The Hall–Kier alpha value is -0.850. The van der Waals surface area contributed by atoms with Gasteiger partial charge in [-0.2, -0.15) is 0 Å². The largest absolute Gasteiger partial charge is 0.251 e. The van der Waals surface area contributed by atoms with Gasteiger partial charge in [-0.15, -0.1) is 0 Å². The van der Waals surface area contributed by atoms with Crippen LogP contribution in [0.3, 0.4) is 0 Å². The number of hydrogen-bond acceptors (Lipinski definition) is 0. The molecule has 1 fully saturated rings. The molecule has 0 aromatic heterocycles. The maximum absolute atomic E-state index is 12.0. The van der Waals surface area contributed by atoms with Crippen molar-refractivity contribution in [3.63, 3.8) is 0 Å². The molecule has 0 aliphatic heterocycles. The molecule has 0 unspecified atom stereocenters. The zero-order chi connectivity index (χ0) is 11.9. The molecule has 0 amide bonds. The van der Waals surface area contributed by atoms with Crippen LogP contribution >= 0.6 is 0 Å². The van der Waals surface area contributed by atoms with Gasteiger partial charge in [0, 0.05) is 0 Å². The summed E-state index contributed by atoms with van der Waals surface area (Å²) in [6, 6.07) is 10.9. The molecule has 1 aliphatic carbocycles. The van der Waals surface area contributed by atoms with Crippen LogP contribution in [0.4, 0.5) is 4.39 Å². The fourth-order valence-electron chi connectivity index (χ4n) is 3.04. The predicted molar refractivity (Wildman–Crippen MR) is 71.0 cm³/mol. The molecule has 1 heteroatoms. The van der Waals surface area contributed by atoms with Crippen molar-refractivity contribution in [3.8, 4) is 0 Å². The molecule has 2 rings (SSSR count). The van der Waals surface area contributed by atoms with E-state index in [4.69, 9.17) is 0 Å². The van der Waals surface area contributed by atoms with E-state index in [1.807, 2.05) is 0 Å². The van der Waals surface area contributed by atoms with Crippen LogP contribution in [0.15, 0.2) is 30.3 Å². The summed E-state index contributed by atoms with van der Waals surface area (Å²) < 4.78 is 12.0. The molecule has 94 valence electrons. The Morgan fingerprint density at radius 1 is 0.941 bits per heavy atom. The van der Waals surface area contributed by atoms with Crippen LogP contribution in [-0.2, 0) is 0 Å². The first kappa shape index (κ1) is 12.6. The monoisotopic (exact) mass is 234 g/mol. The summed E-state index contributed by atoms with van der Waals surface area (Å²) in [6.45, 7) is -0.140. The Morgan fingerprint density at radius 3 is 2.29 bits per heavy atom. The first-order chi connectivity index (χ1) is 8.40. The smallest absolute Gasteiger partial charge is 0.0894 e. The van der Waals surface area contributed by atoms with E-state index in [9.17, 15) is 4.39 Å². The lowest BCUT2D eigenvalue weighted by atomic mass is 9.77. The lowest BCUT2D eigenvalue weighted by molar-refractivity contribution is 0.298. The van der Waals surface area contributed by atoms with Crippen LogP contribution in [0.25, 0.3) is 0 Å². The summed E-state index contributed by atoms with van der Waals surface area (Å²) in [5, 5.41) is 0. The maximum atomic E-state index is 12.0. The number of halogens is 1. The van der Waals surface area contributed by atoms with Crippen LogP contribution < -0.4 is 0 Å². The molecular formula is C16H23F. The Balaban J connectivity index is 1.74. The quantitative estimate of drug-likeness (QED) is 0.622. The summed E-state index contributed by atoms with van der Waals surface area (Å²) in [5.74, 6) is 1.63. The molecule has 1 aromatic carbocycles. The van der Waals surface area contributed by atoms with Crippen molar-refractivity contribution in [3.05, 3.63) is 35.9 Å². The van der Waals surface area contributed by atoms with Gasteiger partial charge in [0.25, 0.3) is 0 Å². The molecule has 0 heterocycles. The number of rotatable bonds is 5. The molecule has 0 N–H and O–H groups in total. The zero-order valence-electron chi connectivity index (χ0n) is 10.6. The summed E-state index contributed by atoms with van der Waals surface area (Å²) in [7, 11) is 0. The third kappa shape index (κ3) is 3.83. The van der Waals surface area contributed by atoms with Crippen molar-refractivity contribution >= 4 is 0 Å².